The van der Waals surface area contributed by atoms with E-state index in [0.29, 0.717) is 0 Å². The number of H-pyrrole nitrogens is 1. The van der Waals surface area contributed by atoms with Crippen molar-refractivity contribution in [1.29, 1.82) is 0 Å². The second kappa shape index (κ2) is 6.23. The molecule has 2 saturated heterocycles. The van der Waals surface area contributed by atoms with Crippen molar-refractivity contribution in [2.75, 3.05) is 6.54 Å². The van der Waals surface area contributed by atoms with Crippen LogP contribution in [0.1, 0.15) is 52.4 Å². The first-order valence-corrected chi connectivity index (χ1v) is 10.4. The van der Waals surface area contributed by atoms with Gasteiger partial charge in [-0.05, 0) is 57.5 Å². The first-order chi connectivity index (χ1) is 13.2. The SMILES string of the molecule is CC1(C)OB(c2ccc3c(ccc4[nH]c(C5CCCN5S)nc43)c2)OC1(C)C. The number of aromatic amines is 1. The predicted molar refractivity (Wildman–Crippen MR) is 117 cm³/mol. The third kappa shape index (κ3) is 2.79. The highest BCUT2D eigenvalue weighted by Crippen LogP contribution is 2.37. The number of fused-ring (bicyclic) bond motifs is 3. The molecule has 5 nitrogen and oxygen atoms in total. The zero-order valence-electron chi connectivity index (χ0n) is 16.8. The van der Waals surface area contributed by atoms with Crippen molar-refractivity contribution in [3.05, 3.63) is 36.2 Å². The zero-order chi connectivity index (χ0) is 19.7. The first kappa shape index (κ1) is 18.5. The average Bonchev–Trinajstić information content (AvgIpc) is 3.30. The van der Waals surface area contributed by atoms with Crippen LogP contribution in [0.3, 0.4) is 0 Å². The van der Waals surface area contributed by atoms with Gasteiger partial charge in [0.05, 0.1) is 28.3 Å². The summed E-state index contributed by atoms with van der Waals surface area (Å²) in [4.78, 5) is 8.44. The van der Waals surface area contributed by atoms with Crippen LogP contribution in [0.4, 0.5) is 0 Å². The van der Waals surface area contributed by atoms with Gasteiger partial charge in [-0.15, -0.1) is 0 Å². The Kier molecular flexibility index (Phi) is 4.11. The molecule has 3 aromatic rings. The van der Waals surface area contributed by atoms with Gasteiger partial charge in [0.25, 0.3) is 0 Å². The lowest BCUT2D eigenvalue weighted by molar-refractivity contribution is 0.00578. The van der Waals surface area contributed by atoms with Gasteiger partial charge in [0, 0.05) is 11.9 Å². The van der Waals surface area contributed by atoms with E-state index in [0.717, 1.165) is 52.5 Å². The molecule has 0 aliphatic carbocycles. The highest BCUT2D eigenvalue weighted by molar-refractivity contribution is 7.77. The van der Waals surface area contributed by atoms with Gasteiger partial charge in [0.2, 0.25) is 0 Å². The number of benzene rings is 2. The fourth-order valence-electron chi connectivity index (χ4n) is 4.15. The molecule has 2 aromatic carbocycles. The van der Waals surface area contributed by atoms with Crippen molar-refractivity contribution < 1.29 is 9.31 Å². The first-order valence-electron chi connectivity index (χ1n) is 9.99. The largest absolute Gasteiger partial charge is 0.494 e. The van der Waals surface area contributed by atoms with Crippen LogP contribution < -0.4 is 5.46 Å². The Morgan fingerprint density at radius 3 is 2.57 bits per heavy atom. The third-order valence-electron chi connectivity index (χ3n) is 6.58. The Hall–Kier alpha value is -1.54. The van der Waals surface area contributed by atoms with Gasteiger partial charge in [0.1, 0.15) is 5.82 Å². The molecule has 2 aliphatic heterocycles. The number of nitrogens with one attached hydrogen (secondary N) is 1. The number of hydrogen-bond acceptors (Lipinski definition) is 5. The molecule has 0 spiro atoms. The Bertz CT molecular complexity index is 1050. The van der Waals surface area contributed by atoms with E-state index in [1.807, 2.05) is 0 Å². The summed E-state index contributed by atoms with van der Waals surface area (Å²) >= 11 is 4.59. The molecule has 0 saturated carbocycles. The molecule has 1 aromatic heterocycles. The molecule has 0 radical (unpaired) electrons. The van der Waals surface area contributed by atoms with Crippen LogP contribution in [-0.2, 0) is 9.31 Å². The molecule has 1 unspecified atom stereocenters. The van der Waals surface area contributed by atoms with Crippen molar-refractivity contribution in [3.8, 4) is 0 Å². The molecule has 28 heavy (non-hydrogen) atoms. The van der Waals surface area contributed by atoms with Crippen LogP contribution in [0.2, 0.25) is 0 Å². The lowest BCUT2D eigenvalue weighted by Crippen LogP contribution is -2.41. The van der Waals surface area contributed by atoms with Crippen molar-refractivity contribution in [1.82, 2.24) is 14.3 Å². The van der Waals surface area contributed by atoms with Crippen LogP contribution in [0, 0.1) is 0 Å². The van der Waals surface area contributed by atoms with E-state index in [1.165, 1.54) is 0 Å². The Morgan fingerprint density at radius 1 is 1.14 bits per heavy atom. The van der Waals surface area contributed by atoms with E-state index in [4.69, 9.17) is 14.3 Å². The van der Waals surface area contributed by atoms with E-state index >= 15 is 0 Å². The maximum atomic E-state index is 6.21. The molecule has 2 fully saturated rings. The highest BCUT2D eigenvalue weighted by atomic mass is 32.1. The minimum Gasteiger partial charge on any atom is -0.399 e. The van der Waals surface area contributed by atoms with Gasteiger partial charge in [-0.1, -0.05) is 37.1 Å². The van der Waals surface area contributed by atoms with Crippen molar-refractivity contribution in [2.24, 2.45) is 0 Å². The summed E-state index contributed by atoms with van der Waals surface area (Å²) in [6.45, 7) is 9.32. The number of thiol groups is 1. The van der Waals surface area contributed by atoms with Crippen LogP contribution in [0.25, 0.3) is 21.8 Å². The zero-order valence-corrected chi connectivity index (χ0v) is 17.7. The molecule has 2 aliphatic rings. The number of hydrogen-bond donors (Lipinski definition) is 2. The maximum absolute atomic E-state index is 6.21. The van der Waals surface area contributed by atoms with Crippen molar-refractivity contribution >= 4 is 47.2 Å². The van der Waals surface area contributed by atoms with Gasteiger partial charge >= 0.3 is 7.12 Å². The van der Waals surface area contributed by atoms with E-state index < -0.39 is 0 Å². The predicted octanol–water partition coefficient (Wildman–Crippen LogP) is 4.00. The maximum Gasteiger partial charge on any atom is 0.494 e. The van der Waals surface area contributed by atoms with E-state index in [2.05, 4.69) is 80.1 Å². The van der Waals surface area contributed by atoms with Crippen LogP contribution in [-0.4, -0.2) is 39.1 Å². The molecule has 7 heteroatoms. The lowest BCUT2D eigenvalue weighted by Gasteiger charge is -2.32. The van der Waals surface area contributed by atoms with Crippen LogP contribution in [0.5, 0.6) is 0 Å². The second-order valence-electron chi connectivity index (χ2n) is 8.97. The summed E-state index contributed by atoms with van der Waals surface area (Å²) < 4.78 is 14.5. The number of imidazole rings is 1. The normalized spacial score (nSPS) is 24.6. The molecule has 1 atom stereocenters. The smallest absolute Gasteiger partial charge is 0.399 e. The van der Waals surface area contributed by atoms with Gasteiger partial charge in [-0.25, -0.2) is 9.29 Å². The average molecular weight is 395 g/mol. The molecule has 146 valence electrons. The number of aromatic nitrogens is 2. The summed E-state index contributed by atoms with van der Waals surface area (Å²) in [5.74, 6) is 1.00. The van der Waals surface area contributed by atoms with E-state index in [1.54, 1.807) is 0 Å². The molecule has 1 N–H and O–H groups in total. The molecule has 5 rings (SSSR count). The van der Waals surface area contributed by atoms with E-state index in [9.17, 15) is 0 Å². The third-order valence-corrected chi connectivity index (χ3v) is 7.05. The van der Waals surface area contributed by atoms with Gasteiger partial charge in [0.15, 0.2) is 0 Å². The molecular formula is C21H26BN3O2S. The van der Waals surface area contributed by atoms with Gasteiger partial charge in [-0.2, -0.15) is 0 Å². The minimum atomic E-state index is -0.351. The van der Waals surface area contributed by atoms with Crippen molar-refractivity contribution in [2.45, 2.75) is 57.8 Å². The molecular weight excluding hydrogens is 369 g/mol. The Labute approximate surface area is 171 Å². The standard InChI is InChI=1S/C21H26BN3O2S/c1-20(2)21(3,4)27-22(26-20)14-8-9-15-13(12-14)7-10-16-18(15)24-19(23-16)17-6-5-11-25(17)28/h7-10,12,17,28H,5-6,11H2,1-4H3,(H,23,24). The lowest BCUT2D eigenvalue weighted by atomic mass is 9.78. The molecule has 0 amide bonds. The number of rotatable bonds is 2. The minimum absolute atomic E-state index is 0.259. The fourth-order valence-corrected chi connectivity index (χ4v) is 4.52. The highest BCUT2D eigenvalue weighted by Gasteiger charge is 2.51. The summed E-state index contributed by atoms with van der Waals surface area (Å²) in [6, 6.07) is 10.9. The monoisotopic (exact) mass is 395 g/mol. The quantitative estimate of drug-likeness (QED) is 0.509. The Balaban J connectivity index is 1.54. The fraction of sp³-hybridized carbons (Fsp3) is 0.476. The summed E-state index contributed by atoms with van der Waals surface area (Å²) in [7, 11) is -0.351. The number of nitrogens with zero attached hydrogens (tertiary/aromatic N) is 2. The second-order valence-corrected chi connectivity index (χ2v) is 9.49. The van der Waals surface area contributed by atoms with Gasteiger partial charge < -0.3 is 14.3 Å². The topological polar surface area (TPSA) is 50.4 Å². The Morgan fingerprint density at radius 2 is 1.89 bits per heavy atom. The summed E-state index contributed by atoms with van der Waals surface area (Å²) in [5.41, 5.74) is 2.45. The van der Waals surface area contributed by atoms with Crippen molar-refractivity contribution in [3.63, 3.8) is 0 Å². The summed E-state index contributed by atoms with van der Waals surface area (Å²) in [5, 5.41) is 2.29. The van der Waals surface area contributed by atoms with Crippen LogP contribution in [0.15, 0.2) is 30.3 Å². The molecule has 3 heterocycles. The van der Waals surface area contributed by atoms with E-state index in [-0.39, 0.29) is 24.4 Å². The van der Waals surface area contributed by atoms with Crippen LogP contribution >= 0.6 is 12.8 Å². The summed E-state index contributed by atoms with van der Waals surface area (Å²) in [6.07, 6.45) is 2.25. The molecule has 0 bridgehead atoms. The van der Waals surface area contributed by atoms with Gasteiger partial charge in [-0.3, -0.25) is 0 Å².